The molecule has 1 aliphatic heterocycles. The molecule has 1 rings (SSSR count). The van der Waals surface area contributed by atoms with E-state index in [-0.39, 0.29) is 0 Å². The third-order valence-electron chi connectivity index (χ3n) is 2.12. The normalized spacial score (nSPS) is 46.4. The van der Waals surface area contributed by atoms with Gasteiger partial charge >= 0.3 is 0 Å². The van der Waals surface area contributed by atoms with Crippen molar-refractivity contribution >= 4 is 23.0 Å². The number of hydrogen-bond acceptors (Lipinski definition) is 5. The minimum atomic E-state index is -0.981. The van der Waals surface area contributed by atoms with E-state index < -0.39 is 30.7 Å². The van der Waals surface area contributed by atoms with Crippen LogP contribution in [0, 0.1) is 0 Å². The highest BCUT2D eigenvalue weighted by atomic mass is 127. The number of rotatable bonds is 2. The maximum absolute atomic E-state index is 9.57. The first-order valence-electron chi connectivity index (χ1n) is 3.93. The summed E-state index contributed by atoms with van der Waals surface area (Å²) in [7, 11) is 1.46. The molecule has 0 spiro atoms. The van der Waals surface area contributed by atoms with Crippen molar-refractivity contribution in [3.05, 3.63) is 0 Å². The Morgan fingerprint density at radius 2 is 1.92 bits per heavy atom. The Hall–Kier alpha value is 0.530. The molecule has 0 unspecified atom stereocenters. The van der Waals surface area contributed by atoms with Crippen molar-refractivity contribution in [2.75, 3.05) is 7.11 Å². The lowest BCUT2D eigenvalue weighted by Crippen LogP contribution is -2.57. The summed E-state index contributed by atoms with van der Waals surface area (Å²) in [5, 5.41) is 19.0. The fraction of sp³-hybridized carbons (Fsp3) is 1.00. The summed E-state index contributed by atoms with van der Waals surface area (Å²) in [6, 6.07) is 0. The summed E-state index contributed by atoms with van der Waals surface area (Å²) in [5.41, 5.74) is 0. The van der Waals surface area contributed by atoms with Crippen LogP contribution in [0.25, 0.3) is 0 Å². The van der Waals surface area contributed by atoms with E-state index in [1.54, 1.807) is 29.9 Å². The van der Waals surface area contributed by atoms with Crippen LogP contribution in [0.5, 0.6) is 0 Å². The van der Waals surface area contributed by atoms with Gasteiger partial charge in [0.05, 0.1) is 6.10 Å². The molecule has 1 saturated heterocycles. The Kier molecular flexibility index (Phi) is 4.33. The fourth-order valence-electron chi connectivity index (χ4n) is 1.29. The van der Waals surface area contributed by atoms with Crippen molar-refractivity contribution in [2.24, 2.45) is 0 Å². The third-order valence-corrected chi connectivity index (χ3v) is 2.71. The second-order valence-electron chi connectivity index (χ2n) is 2.98. The van der Waals surface area contributed by atoms with Crippen molar-refractivity contribution in [2.45, 2.75) is 37.6 Å². The molecular weight excluding hydrogens is 291 g/mol. The zero-order chi connectivity index (χ0) is 10.0. The second-order valence-corrected chi connectivity index (χ2v) is 3.49. The van der Waals surface area contributed by atoms with Gasteiger partial charge in [0, 0.05) is 7.11 Å². The van der Waals surface area contributed by atoms with Gasteiger partial charge in [-0.25, -0.2) is 0 Å². The maximum Gasteiger partial charge on any atom is 0.187 e. The van der Waals surface area contributed by atoms with Crippen LogP contribution >= 0.6 is 23.0 Å². The van der Waals surface area contributed by atoms with Crippen LogP contribution in [-0.2, 0) is 12.5 Å². The van der Waals surface area contributed by atoms with Crippen LogP contribution in [0.4, 0.5) is 0 Å². The second kappa shape index (κ2) is 4.85. The van der Waals surface area contributed by atoms with E-state index >= 15 is 0 Å². The molecule has 5 nitrogen and oxygen atoms in total. The molecule has 6 heteroatoms. The molecule has 0 radical (unpaired) electrons. The molecule has 1 fully saturated rings. The number of halogens is 1. The summed E-state index contributed by atoms with van der Waals surface area (Å²) in [4.78, 5) is 0. The van der Waals surface area contributed by atoms with E-state index in [0.717, 1.165) is 0 Å². The quantitative estimate of drug-likeness (QED) is 0.694. The zero-order valence-electron chi connectivity index (χ0n) is 7.38. The predicted octanol–water partition coefficient (Wildman–Crippen LogP) is -0.165. The van der Waals surface area contributed by atoms with Crippen molar-refractivity contribution in [1.29, 1.82) is 0 Å². The molecule has 0 aromatic rings. The molecule has 78 valence electrons. The smallest absolute Gasteiger partial charge is 0.187 e. The largest absolute Gasteiger partial charge is 0.388 e. The molecular formula is C7H13IO5. The van der Waals surface area contributed by atoms with E-state index in [4.69, 9.17) is 12.5 Å². The maximum atomic E-state index is 9.57. The van der Waals surface area contributed by atoms with E-state index in [1.165, 1.54) is 7.11 Å². The van der Waals surface area contributed by atoms with Gasteiger partial charge in [0.25, 0.3) is 0 Å². The van der Waals surface area contributed by atoms with Gasteiger partial charge in [0.1, 0.15) is 41.3 Å². The topological polar surface area (TPSA) is 68.2 Å². The monoisotopic (exact) mass is 304 g/mol. The molecule has 1 heterocycles. The van der Waals surface area contributed by atoms with Crippen LogP contribution in [0.3, 0.4) is 0 Å². The number of methoxy groups -OCH3 is 1. The molecule has 0 saturated carbocycles. The zero-order valence-corrected chi connectivity index (χ0v) is 9.54. The van der Waals surface area contributed by atoms with E-state index in [1.807, 2.05) is 0 Å². The van der Waals surface area contributed by atoms with Crippen LogP contribution in [0.1, 0.15) is 6.92 Å². The van der Waals surface area contributed by atoms with Gasteiger partial charge in [0.2, 0.25) is 0 Å². The average Bonchev–Trinajstić information content (AvgIpc) is 2.13. The minimum absolute atomic E-state index is 0.456. The number of ether oxygens (including phenoxy) is 2. The number of aliphatic hydroxyl groups is 2. The highest BCUT2D eigenvalue weighted by Crippen LogP contribution is 2.24. The summed E-state index contributed by atoms with van der Waals surface area (Å²) >= 11 is 1.65. The summed E-state index contributed by atoms with van der Waals surface area (Å²) in [6.45, 7) is 1.67. The molecule has 0 aromatic carbocycles. The average molecular weight is 304 g/mol. The molecule has 0 aliphatic carbocycles. The predicted molar refractivity (Wildman–Crippen MR) is 52.3 cm³/mol. The number of hydrogen-bond donors (Lipinski definition) is 2. The first-order chi connectivity index (χ1) is 6.11. The van der Waals surface area contributed by atoms with Gasteiger partial charge in [-0.15, -0.1) is 0 Å². The lowest BCUT2D eigenvalue weighted by Gasteiger charge is -2.39. The van der Waals surface area contributed by atoms with Crippen molar-refractivity contribution in [1.82, 2.24) is 0 Å². The van der Waals surface area contributed by atoms with E-state index in [9.17, 15) is 10.2 Å². The first-order valence-corrected chi connectivity index (χ1v) is 4.81. The van der Waals surface area contributed by atoms with Crippen LogP contribution in [-0.4, -0.2) is 48.0 Å². The Morgan fingerprint density at radius 1 is 1.31 bits per heavy atom. The third kappa shape index (κ3) is 2.31. The first kappa shape index (κ1) is 11.6. The molecule has 0 aromatic heterocycles. The highest BCUT2D eigenvalue weighted by molar-refractivity contribution is 14.1. The minimum Gasteiger partial charge on any atom is -0.388 e. The molecule has 0 amide bonds. The Morgan fingerprint density at radius 3 is 2.38 bits per heavy atom. The highest BCUT2D eigenvalue weighted by Gasteiger charge is 2.43. The Labute approximate surface area is 90.7 Å². The fourth-order valence-corrected chi connectivity index (χ4v) is 1.83. The lowest BCUT2D eigenvalue weighted by molar-refractivity contribution is -0.274. The van der Waals surface area contributed by atoms with Gasteiger partial charge < -0.3 is 22.8 Å². The van der Waals surface area contributed by atoms with Crippen molar-refractivity contribution in [3.63, 3.8) is 0 Å². The lowest BCUT2D eigenvalue weighted by atomic mass is 10.0. The molecule has 5 atom stereocenters. The van der Waals surface area contributed by atoms with Gasteiger partial charge in [-0.1, -0.05) is 0 Å². The van der Waals surface area contributed by atoms with Crippen LogP contribution in [0.2, 0.25) is 0 Å². The van der Waals surface area contributed by atoms with Gasteiger partial charge in [0.15, 0.2) is 6.29 Å². The van der Waals surface area contributed by atoms with E-state index in [2.05, 4.69) is 0 Å². The van der Waals surface area contributed by atoms with Crippen LogP contribution in [0.15, 0.2) is 0 Å². The van der Waals surface area contributed by atoms with Crippen molar-refractivity contribution < 1.29 is 22.8 Å². The van der Waals surface area contributed by atoms with Gasteiger partial charge in [-0.05, 0) is 6.92 Å². The SMILES string of the molecule is CO[C@@H]1O[C@@H](C)[C@H](O)[C@@H](O)[C@H]1OI. The molecule has 1 aliphatic rings. The summed E-state index contributed by atoms with van der Waals surface area (Å²) < 4.78 is 15.2. The van der Waals surface area contributed by atoms with E-state index in [0.29, 0.717) is 0 Å². The molecule has 13 heavy (non-hydrogen) atoms. The summed E-state index contributed by atoms with van der Waals surface area (Å²) in [6.07, 6.45) is -3.67. The Balaban J connectivity index is 2.69. The van der Waals surface area contributed by atoms with Gasteiger partial charge in [-0.2, -0.15) is 0 Å². The summed E-state index contributed by atoms with van der Waals surface area (Å²) in [5.74, 6) is 0. The molecule has 2 N–H and O–H groups in total. The standard InChI is InChI=1S/C7H13IO5/c1-3-4(9)5(10)6(13-8)7(11-2)12-3/h3-7,9-10H,1-2H3/t3-,4-,5+,6+,7+/m0/s1. The van der Waals surface area contributed by atoms with Crippen LogP contribution < -0.4 is 0 Å². The van der Waals surface area contributed by atoms with Crippen molar-refractivity contribution in [3.8, 4) is 0 Å². The van der Waals surface area contributed by atoms with Gasteiger partial charge in [-0.3, -0.25) is 0 Å². The Bertz CT molecular complexity index is 165. The number of aliphatic hydroxyl groups excluding tert-OH is 2. The molecule has 0 bridgehead atoms.